The van der Waals surface area contributed by atoms with Gasteiger partial charge in [0.1, 0.15) is 0 Å². The zero-order valence-corrected chi connectivity index (χ0v) is 9.01. The maximum absolute atomic E-state index is 3.71. The van der Waals surface area contributed by atoms with Gasteiger partial charge in [0.25, 0.3) is 0 Å². The van der Waals surface area contributed by atoms with Crippen molar-refractivity contribution in [3.63, 3.8) is 0 Å². The Labute approximate surface area is 83.0 Å². The molecule has 1 heteroatoms. The van der Waals surface area contributed by atoms with E-state index in [2.05, 4.69) is 44.7 Å². The summed E-state index contributed by atoms with van der Waals surface area (Å²) in [4.78, 5) is 0. The van der Waals surface area contributed by atoms with Crippen molar-refractivity contribution in [2.24, 2.45) is 0 Å². The molecule has 0 fully saturated rings. The van der Waals surface area contributed by atoms with Crippen molar-refractivity contribution < 1.29 is 0 Å². The van der Waals surface area contributed by atoms with E-state index in [1.54, 1.807) is 0 Å². The van der Waals surface area contributed by atoms with Crippen LogP contribution in [-0.2, 0) is 0 Å². The third kappa shape index (κ3) is 6.21. The Bertz CT molecular complexity index is 232. The summed E-state index contributed by atoms with van der Waals surface area (Å²) in [6.45, 7) is 10.1. The van der Waals surface area contributed by atoms with Crippen LogP contribution in [0.15, 0.2) is 47.9 Å². The van der Waals surface area contributed by atoms with Crippen LogP contribution in [0.3, 0.4) is 0 Å². The quantitative estimate of drug-likeness (QED) is 0.442. The number of rotatable bonds is 5. The Morgan fingerprint density at radius 2 is 2.15 bits per heavy atom. The molecule has 0 saturated heterocycles. The van der Waals surface area contributed by atoms with Gasteiger partial charge in [-0.25, -0.2) is 0 Å². The van der Waals surface area contributed by atoms with Gasteiger partial charge in [-0.15, -0.1) is 5.47 Å². The molecule has 0 spiro atoms. The molecule has 0 rings (SSSR count). The smallest absolute Gasteiger partial charge is 0.107 e. The van der Waals surface area contributed by atoms with Crippen molar-refractivity contribution in [2.45, 2.75) is 27.2 Å². The van der Waals surface area contributed by atoms with Gasteiger partial charge in [-0.05, 0) is 13.3 Å². The molecule has 0 atom stereocenters. The van der Waals surface area contributed by atoms with Gasteiger partial charge in [0, 0.05) is 0 Å². The van der Waals surface area contributed by atoms with E-state index in [-0.39, 0.29) is 0 Å². The molecule has 0 radical (unpaired) electrons. The monoisotopic (exact) mass is 174 g/mol. The van der Waals surface area contributed by atoms with Crippen LogP contribution >= 0.6 is 0 Å². The van der Waals surface area contributed by atoms with Crippen LogP contribution < -0.4 is 0 Å². The van der Waals surface area contributed by atoms with Crippen molar-refractivity contribution in [3.05, 3.63) is 47.9 Å². The molecule has 70 valence electrons. The topological polar surface area (TPSA) is 0 Å². The van der Waals surface area contributed by atoms with Crippen LogP contribution in [0.2, 0.25) is 0 Å². The number of hydrogen-bond donors (Lipinski definition) is 0. The van der Waals surface area contributed by atoms with Crippen molar-refractivity contribution >= 4 is 7.28 Å². The predicted molar refractivity (Wildman–Crippen MR) is 64.3 cm³/mol. The fourth-order valence-electron chi connectivity index (χ4n) is 1.28. The highest BCUT2D eigenvalue weighted by molar-refractivity contribution is 6.54. The summed E-state index contributed by atoms with van der Waals surface area (Å²) < 4.78 is 0. The first kappa shape index (κ1) is 12.0. The summed E-state index contributed by atoms with van der Waals surface area (Å²) >= 11 is 0. The second-order valence-electron chi connectivity index (χ2n) is 3.11. The lowest BCUT2D eigenvalue weighted by Gasteiger charge is -1.99. The molecule has 0 saturated carbocycles. The van der Waals surface area contributed by atoms with Crippen LogP contribution in [0.5, 0.6) is 0 Å². The Hall–Kier alpha value is -0.975. The van der Waals surface area contributed by atoms with E-state index >= 15 is 0 Å². The Morgan fingerprint density at radius 1 is 1.46 bits per heavy atom. The molecule has 0 nitrogen and oxygen atoms in total. The normalized spacial score (nSPS) is 13.5. The standard InChI is InChI=1S/C12H19B/c1-5-8-11(4)13-12(9-6-2)10-7-3/h6-10,13H,2,5H2,1,3-4H3/b10-7-,11-8+,12-9+. The highest BCUT2D eigenvalue weighted by Gasteiger charge is 1.95. The van der Waals surface area contributed by atoms with Gasteiger partial charge in [0.05, 0.1) is 0 Å². The van der Waals surface area contributed by atoms with Gasteiger partial charge >= 0.3 is 0 Å². The SMILES string of the molecule is C=C/C=C(B/C(C)=C/CC)\C=C/C. The minimum atomic E-state index is 1.03. The van der Waals surface area contributed by atoms with Gasteiger partial charge in [0.15, 0.2) is 7.28 Å². The molecule has 0 aromatic carbocycles. The van der Waals surface area contributed by atoms with E-state index < -0.39 is 0 Å². The third-order valence-corrected chi connectivity index (χ3v) is 1.75. The minimum absolute atomic E-state index is 1.03. The fraction of sp³-hybridized carbons (Fsp3) is 0.333. The Morgan fingerprint density at radius 3 is 2.62 bits per heavy atom. The lowest BCUT2D eigenvalue weighted by molar-refractivity contribution is 1.21. The lowest BCUT2D eigenvalue weighted by Crippen LogP contribution is -1.95. The van der Waals surface area contributed by atoms with E-state index in [1.807, 2.05) is 13.0 Å². The largest absolute Gasteiger partial charge is 0.186 e. The molecule has 13 heavy (non-hydrogen) atoms. The lowest BCUT2D eigenvalue weighted by atomic mass is 9.62. The second kappa shape index (κ2) is 7.66. The maximum atomic E-state index is 3.71. The molecule has 0 aliphatic heterocycles. The average Bonchev–Trinajstić information content (AvgIpc) is 2.05. The summed E-state index contributed by atoms with van der Waals surface area (Å²) in [5, 5.41) is 0. The number of hydrogen-bond acceptors (Lipinski definition) is 0. The first-order chi connectivity index (χ1) is 6.24. The van der Waals surface area contributed by atoms with Crippen molar-refractivity contribution in [3.8, 4) is 0 Å². The molecule has 0 aromatic rings. The first-order valence-electron chi connectivity index (χ1n) is 4.84. The maximum Gasteiger partial charge on any atom is 0.186 e. The molecule has 0 aliphatic rings. The van der Waals surface area contributed by atoms with Crippen molar-refractivity contribution in [2.75, 3.05) is 0 Å². The van der Waals surface area contributed by atoms with E-state index in [1.165, 1.54) is 10.9 Å². The van der Waals surface area contributed by atoms with Gasteiger partial charge < -0.3 is 0 Å². The summed E-state index contributed by atoms with van der Waals surface area (Å²) in [7, 11) is 1.03. The summed E-state index contributed by atoms with van der Waals surface area (Å²) in [5.74, 6) is 0. The highest BCUT2D eigenvalue weighted by atomic mass is 13.8. The molecule has 0 amide bonds. The van der Waals surface area contributed by atoms with E-state index in [0.717, 1.165) is 13.7 Å². The van der Waals surface area contributed by atoms with Crippen molar-refractivity contribution in [1.82, 2.24) is 0 Å². The van der Waals surface area contributed by atoms with Gasteiger partial charge in [-0.1, -0.05) is 56.3 Å². The molecule has 0 bridgehead atoms. The summed E-state index contributed by atoms with van der Waals surface area (Å²) in [5.41, 5.74) is 2.74. The number of allylic oxidation sites excluding steroid dienone is 7. The summed E-state index contributed by atoms with van der Waals surface area (Å²) in [6, 6.07) is 0. The molecule has 0 unspecified atom stereocenters. The van der Waals surface area contributed by atoms with Crippen LogP contribution in [-0.4, -0.2) is 7.28 Å². The Kier molecular flexibility index (Phi) is 7.09. The highest BCUT2D eigenvalue weighted by Crippen LogP contribution is 2.03. The molecule has 0 aromatic heterocycles. The van der Waals surface area contributed by atoms with E-state index in [4.69, 9.17) is 0 Å². The first-order valence-corrected chi connectivity index (χ1v) is 4.84. The van der Waals surface area contributed by atoms with E-state index in [9.17, 15) is 0 Å². The zero-order chi connectivity index (χ0) is 10.1. The van der Waals surface area contributed by atoms with Gasteiger partial charge in [0.2, 0.25) is 0 Å². The van der Waals surface area contributed by atoms with Crippen molar-refractivity contribution in [1.29, 1.82) is 0 Å². The van der Waals surface area contributed by atoms with Crippen LogP contribution in [0.1, 0.15) is 27.2 Å². The third-order valence-electron chi connectivity index (χ3n) is 1.75. The fourth-order valence-corrected chi connectivity index (χ4v) is 1.28. The zero-order valence-electron chi connectivity index (χ0n) is 9.01. The minimum Gasteiger partial charge on any atom is -0.107 e. The average molecular weight is 174 g/mol. The van der Waals surface area contributed by atoms with Crippen LogP contribution in [0, 0.1) is 0 Å². The van der Waals surface area contributed by atoms with Crippen LogP contribution in [0.4, 0.5) is 0 Å². The predicted octanol–water partition coefficient (Wildman–Crippen LogP) is 3.38. The molecule has 0 N–H and O–H groups in total. The van der Waals surface area contributed by atoms with Gasteiger partial charge in [-0.3, -0.25) is 0 Å². The molecular formula is C12H19B. The van der Waals surface area contributed by atoms with Crippen LogP contribution in [0.25, 0.3) is 0 Å². The molecular weight excluding hydrogens is 155 g/mol. The molecule has 0 aliphatic carbocycles. The van der Waals surface area contributed by atoms with E-state index in [0.29, 0.717) is 0 Å². The summed E-state index contributed by atoms with van der Waals surface area (Å²) in [6.07, 6.45) is 11.5. The Balaban J connectivity index is 4.34. The van der Waals surface area contributed by atoms with Gasteiger partial charge in [-0.2, -0.15) is 0 Å². The second-order valence-corrected chi connectivity index (χ2v) is 3.11. The molecule has 0 heterocycles.